The van der Waals surface area contributed by atoms with E-state index in [0.717, 1.165) is 12.8 Å². The fourth-order valence-electron chi connectivity index (χ4n) is 1.55. The van der Waals surface area contributed by atoms with E-state index in [-0.39, 0.29) is 5.38 Å². The van der Waals surface area contributed by atoms with E-state index in [1.807, 2.05) is 12.3 Å². The molecule has 0 radical (unpaired) electrons. The molecule has 11 heavy (non-hydrogen) atoms. The summed E-state index contributed by atoms with van der Waals surface area (Å²) in [6, 6.07) is 4.04. The zero-order valence-corrected chi connectivity index (χ0v) is 7.01. The summed E-state index contributed by atoms with van der Waals surface area (Å²) in [6.07, 6.45) is 5.21. The number of rotatable bonds is 0. The van der Waals surface area contributed by atoms with Gasteiger partial charge in [0.1, 0.15) is 0 Å². The Kier molecular flexibility index (Phi) is 1.82. The number of pyridine rings is 1. The summed E-state index contributed by atoms with van der Waals surface area (Å²) in [5.41, 5.74) is 2.43. The number of fused-ring (bicyclic) bond motifs is 1. The lowest BCUT2D eigenvalue weighted by Crippen LogP contribution is -2.06. The number of aryl methyl sites for hydroxylation is 1. The Morgan fingerprint density at radius 2 is 2.45 bits per heavy atom. The predicted octanol–water partition coefficient (Wildman–Crippen LogP) is 2.70. The van der Waals surface area contributed by atoms with Crippen molar-refractivity contribution in [3.05, 3.63) is 29.6 Å². The molecule has 0 saturated carbocycles. The number of alkyl halides is 1. The number of halogens is 1. The fraction of sp³-hybridized carbons (Fsp3) is 0.444. The van der Waals surface area contributed by atoms with Gasteiger partial charge in [-0.25, -0.2) is 0 Å². The smallest absolute Gasteiger partial charge is 0.0603 e. The Labute approximate surface area is 71.4 Å². The fourth-order valence-corrected chi connectivity index (χ4v) is 1.90. The highest BCUT2D eigenvalue weighted by molar-refractivity contribution is 6.20. The van der Waals surface area contributed by atoms with Crippen molar-refractivity contribution in [3.63, 3.8) is 0 Å². The average Bonchev–Trinajstić information content (AvgIpc) is 2.06. The standard InChI is InChI=1S/C9H10ClN/c10-8-4-1-5-9-7(8)3-2-6-11-9/h2-3,6,8H,1,4-5H2/t8-/m0/s1. The second-order valence-corrected chi connectivity index (χ2v) is 3.43. The average molecular weight is 168 g/mol. The zero-order chi connectivity index (χ0) is 7.68. The van der Waals surface area contributed by atoms with E-state index in [1.54, 1.807) is 0 Å². The monoisotopic (exact) mass is 167 g/mol. The molecule has 1 nitrogen and oxygen atoms in total. The Bertz CT molecular complexity index is 259. The Hall–Kier alpha value is -0.560. The maximum absolute atomic E-state index is 6.11. The Morgan fingerprint density at radius 3 is 3.27 bits per heavy atom. The summed E-state index contributed by atoms with van der Waals surface area (Å²) in [5.74, 6) is 0. The molecule has 1 aromatic heterocycles. The van der Waals surface area contributed by atoms with Gasteiger partial charge in [-0.15, -0.1) is 11.6 Å². The van der Waals surface area contributed by atoms with Crippen molar-refractivity contribution in [2.45, 2.75) is 24.6 Å². The van der Waals surface area contributed by atoms with Crippen LogP contribution in [0.5, 0.6) is 0 Å². The van der Waals surface area contributed by atoms with Crippen molar-refractivity contribution < 1.29 is 0 Å². The Balaban J connectivity index is 2.44. The van der Waals surface area contributed by atoms with Gasteiger partial charge in [0.25, 0.3) is 0 Å². The summed E-state index contributed by atoms with van der Waals surface area (Å²) >= 11 is 6.11. The highest BCUT2D eigenvalue weighted by atomic mass is 35.5. The first-order valence-electron chi connectivity index (χ1n) is 3.96. The van der Waals surface area contributed by atoms with E-state index in [2.05, 4.69) is 11.1 Å². The molecule has 0 saturated heterocycles. The van der Waals surface area contributed by atoms with Crippen LogP contribution in [0.4, 0.5) is 0 Å². The van der Waals surface area contributed by atoms with Gasteiger partial charge in [0.15, 0.2) is 0 Å². The molecule has 0 amide bonds. The van der Waals surface area contributed by atoms with Crippen molar-refractivity contribution in [2.75, 3.05) is 0 Å². The van der Waals surface area contributed by atoms with Crippen LogP contribution >= 0.6 is 11.6 Å². The summed E-state index contributed by atoms with van der Waals surface area (Å²) < 4.78 is 0. The molecule has 1 aliphatic rings. The normalized spacial score (nSPS) is 22.8. The topological polar surface area (TPSA) is 12.9 Å². The molecule has 0 aliphatic heterocycles. The third kappa shape index (κ3) is 1.25. The molecule has 58 valence electrons. The molecule has 1 atom stereocenters. The van der Waals surface area contributed by atoms with Crippen LogP contribution in [0, 0.1) is 0 Å². The highest BCUT2D eigenvalue weighted by Gasteiger charge is 2.17. The molecular formula is C9H10ClN. The molecule has 0 aromatic carbocycles. The molecule has 0 N–H and O–H groups in total. The van der Waals surface area contributed by atoms with E-state index < -0.39 is 0 Å². The first-order chi connectivity index (χ1) is 5.38. The quantitative estimate of drug-likeness (QED) is 0.542. The van der Waals surface area contributed by atoms with Crippen molar-refractivity contribution in [2.24, 2.45) is 0 Å². The van der Waals surface area contributed by atoms with Gasteiger partial charge >= 0.3 is 0 Å². The minimum atomic E-state index is 0.201. The second-order valence-electron chi connectivity index (χ2n) is 2.90. The molecule has 0 bridgehead atoms. The lowest BCUT2D eigenvalue weighted by molar-refractivity contribution is 0.651. The maximum atomic E-state index is 6.11. The van der Waals surface area contributed by atoms with Crippen LogP contribution < -0.4 is 0 Å². The summed E-state index contributed by atoms with van der Waals surface area (Å²) in [5, 5.41) is 0.201. The molecule has 1 heterocycles. The molecular weight excluding hydrogens is 158 g/mol. The maximum Gasteiger partial charge on any atom is 0.0603 e. The first kappa shape index (κ1) is 7.11. The van der Waals surface area contributed by atoms with Crippen LogP contribution in [-0.4, -0.2) is 4.98 Å². The van der Waals surface area contributed by atoms with E-state index >= 15 is 0 Å². The van der Waals surface area contributed by atoms with E-state index in [9.17, 15) is 0 Å². The van der Waals surface area contributed by atoms with Crippen LogP contribution in [0.3, 0.4) is 0 Å². The molecule has 0 unspecified atom stereocenters. The van der Waals surface area contributed by atoms with Gasteiger partial charge in [0, 0.05) is 11.9 Å². The van der Waals surface area contributed by atoms with Crippen molar-refractivity contribution in [1.29, 1.82) is 0 Å². The van der Waals surface area contributed by atoms with Crippen molar-refractivity contribution >= 4 is 11.6 Å². The van der Waals surface area contributed by atoms with Gasteiger partial charge < -0.3 is 0 Å². The number of hydrogen-bond donors (Lipinski definition) is 0. The van der Waals surface area contributed by atoms with Crippen LogP contribution in [0.1, 0.15) is 29.5 Å². The SMILES string of the molecule is Cl[C@H]1CCCc2ncccc21. The first-order valence-corrected chi connectivity index (χ1v) is 4.39. The van der Waals surface area contributed by atoms with Crippen LogP contribution in [-0.2, 0) is 6.42 Å². The van der Waals surface area contributed by atoms with E-state index in [1.165, 1.54) is 17.7 Å². The molecule has 0 fully saturated rings. The zero-order valence-electron chi connectivity index (χ0n) is 6.26. The molecule has 2 rings (SSSR count). The second kappa shape index (κ2) is 2.82. The van der Waals surface area contributed by atoms with Crippen LogP contribution in [0.25, 0.3) is 0 Å². The summed E-state index contributed by atoms with van der Waals surface area (Å²) in [7, 11) is 0. The predicted molar refractivity (Wildman–Crippen MR) is 45.8 cm³/mol. The van der Waals surface area contributed by atoms with Gasteiger partial charge in [-0.1, -0.05) is 6.07 Å². The van der Waals surface area contributed by atoms with Crippen LogP contribution in [0.15, 0.2) is 18.3 Å². The highest BCUT2D eigenvalue weighted by Crippen LogP contribution is 2.32. The van der Waals surface area contributed by atoms with E-state index in [4.69, 9.17) is 11.6 Å². The minimum Gasteiger partial charge on any atom is -0.261 e. The molecule has 1 aromatic rings. The molecule has 0 spiro atoms. The van der Waals surface area contributed by atoms with Gasteiger partial charge in [0.05, 0.1) is 5.38 Å². The third-order valence-corrected chi connectivity index (χ3v) is 2.59. The lowest BCUT2D eigenvalue weighted by atomic mass is 9.96. The summed E-state index contributed by atoms with van der Waals surface area (Å²) in [4.78, 5) is 4.29. The number of aromatic nitrogens is 1. The van der Waals surface area contributed by atoms with Gasteiger partial charge in [-0.05, 0) is 30.9 Å². The van der Waals surface area contributed by atoms with E-state index in [0.29, 0.717) is 0 Å². The summed E-state index contributed by atoms with van der Waals surface area (Å²) in [6.45, 7) is 0. The molecule has 2 heteroatoms. The van der Waals surface area contributed by atoms with Gasteiger partial charge in [-0.3, -0.25) is 4.98 Å². The van der Waals surface area contributed by atoms with Crippen molar-refractivity contribution in [3.8, 4) is 0 Å². The Morgan fingerprint density at radius 1 is 1.55 bits per heavy atom. The van der Waals surface area contributed by atoms with Gasteiger partial charge in [-0.2, -0.15) is 0 Å². The number of nitrogens with zero attached hydrogens (tertiary/aromatic N) is 1. The van der Waals surface area contributed by atoms with Gasteiger partial charge in [0.2, 0.25) is 0 Å². The largest absolute Gasteiger partial charge is 0.261 e. The molecule has 1 aliphatic carbocycles. The van der Waals surface area contributed by atoms with Crippen LogP contribution in [0.2, 0.25) is 0 Å². The minimum absolute atomic E-state index is 0.201. The third-order valence-electron chi connectivity index (χ3n) is 2.13. The lowest BCUT2D eigenvalue weighted by Gasteiger charge is -2.18. The number of hydrogen-bond acceptors (Lipinski definition) is 1. The van der Waals surface area contributed by atoms with Crippen molar-refractivity contribution in [1.82, 2.24) is 4.98 Å².